The monoisotopic (exact) mass is 163 g/mol. The Balaban J connectivity index is 2.62. The van der Waals surface area contributed by atoms with E-state index in [9.17, 15) is 4.79 Å². The van der Waals surface area contributed by atoms with E-state index in [4.69, 9.17) is 0 Å². The van der Waals surface area contributed by atoms with Crippen LogP contribution in [0.4, 0.5) is 0 Å². The van der Waals surface area contributed by atoms with Crippen molar-refractivity contribution in [3.63, 3.8) is 0 Å². The summed E-state index contributed by atoms with van der Waals surface area (Å²) in [6.45, 7) is 0. The van der Waals surface area contributed by atoms with Gasteiger partial charge in [0.15, 0.2) is 0 Å². The molecule has 0 radical (unpaired) electrons. The molecule has 0 fully saturated rings. The van der Waals surface area contributed by atoms with Gasteiger partial charge >= 0.3 is 49.5 Å². The van der Waals surface area contributed by atoms with Crippen LogP contribution in [0.15, 0.2) is 12.3 Å². The van der Waals surface area contributed by atoms with Crippen LogP contribution in [0, 0.1) is 0 Å². The second kappa shape index (κ2) is 1.78. The quantitative estimate of drug-likeness (QED) is 0.425. The van der Waals surface area contributed by atoms with Gasteiger partial charge in [0.1, 0.15) is 0 Å². The van der Waals surface area contributed by atoms with Gasteiger partial charge in [0, 0.05) is 0 Å². The van der Waals surface area contributed by atoms with Gasteiger partial charge in [-0.1, -0.05) is 0 Å². The molecule has 1 heterocycles. The van der Waals surface area contributed by atoms with Crippen LogP contribution in [0.2, 0.25) is 0 Å². The van der Waals surface area contributed by atoms with Crippen LogP contribution < -0.4 is 3.92 Å². The van der Waals surface area contributed by atoms with E-state index in [1.54, 1.807) is 0 Å². The fourth-order valence-corrected chi connectivity index (χ4v) is 0.843. The fraction of sp³-hybridized carbons (Fsp3) is 0.250. The van der Waals surface area contributed by atoms with Crippen LogP contribution in [-0.2, 0) is 4.79 Å². The van der Waals surface area contributed by atoms with E-state index in [2.05, 4.69) is 16.2 Å². The van der Waals surface area contributed by atoms with Crippen LogP contribution in [0.5, 0.6) is 0 Å². The summed E-state index contributed by atoms with van der Waals surface area (Å²) in [6, 6.07) is 0. The summed E-state index contributed by atoms with van der Waals surface area (Å²) in [7, 11) is 0. The van der Waals surface area contributed by atoms with E-state index in [0.29, 0.717) is 6.42 Å². The summed E-state index contributed by atoms with van der Waals surface area (Å²) in [6.07, 6.45) is 4.25. The molecule has 3 heteroatoms. The molecule has 0 saturated carbocycles. The molecule has 2 nitrogen and oxygen atoms in total. The second-order valence-electron chi connectivity index (χ2n) is 1.39. The Morgan fingerprint density at radius 2 is 2.57 bits per heavy atom. The average Bonchev–Trinajstić information content (AvgIpc) is 1.91. The van der Waals surface area contributed by atoms with Crippen LogP contribution in [0.25, 0.3) is 0 Å². The number of quaternary nitrogens is 1. The molecule has 0 bridgehead atoms. The van der Waals surface area contributed by atoms with Gasteiger partial charge in [-0.15, -0.1) is 0 Å². The van der Waals surface area contributed by atoms with Gasteiger partial charge in [-0.2, -0.15) is 0 Å². The van der Waals surface area contributed by atoms with Gasteiger partial charge in [0.25, 0.3) is 0 Å². The third kappa shape index (κ3) is 0.911. The molecule has 1 aliphatic rings. The Kier molecular flexibility index (Phi) is 1.28. The average molecular weight is 162 g/mol. The number of carbonyl (C=O) groups is 1. The topological polar surface area (TPSA) is 21.5 Å². The first kappa shape index (κ1) is 5.03. The van der Waals surface area contributed by atoms with Crippen molar-refractivity contribution in [1.29, 1.82) is 0 Å². The molecule has 38 valence electrons. The molecule has 0 aromatic heterocycles. The van der Waals surface area contributed by atoms with Crippen LogP contribution >= 0.6 is 0 Å². The first-order valence-electron chi connectivity index (χ1n) is 2.04. The van der Waals surface area contributed by atoms with E-state index >= 15 is 0 Å². The van der Waals surface area contributed by atoms with Gasteiger partial charge in [0.05, 0.1) is 0 Å². The summed E-state index contributed by atoms with van der Waals surface area (Å²) in [5, 5.41) is 0. The standard InChI is InChI=1S/C4H5NOSe/c6-4-2-1-3-5(4)7/h1,3,5H,2H2. The number of amides is 1. The van der Waals surface area contributed by atoms with E-state index < -0.39 is 0 Å². The third-order valence-electron chi connectivity index (χ3n) is 0.847. The van der Waals surface area contributed by atoms with E-state index in [-0.39, 0.29) is 5.91 Å². The first-order valence-corrected chi connectivity index (χ1v) is 2.90. The third-order valence-corrected chi connectivity index (χ3v) is 1.61. The first-order chi connectivity index (χ1) is 3.30. The molecule has 0 aromatic carbocycles. The summed E-state index contributed by atoms with van der Waals surface area (Å²) >= 11 is 2.67. The maximum absolute atomic E-state index is 10.4. The zero-order valence-electron chi connectivity index (χ0n) is 3.68. The minimum absolute atomic E-state index is 0.208. The molecule has 1 aliphatic heterocycles. The SMILES string of the molecule is O=C1CC=C[NH+]1[Se-]. The minimum atomic E-state index is 0.208. The molecule has 7 heavy (non-hydrogen) atoms. The Morgan fingerprint density at radius 1 is 1.86 bits per heavy atom. The second-order valence-corrected chi connectivity index (χ2v) is 2.32. The Bertz CT molecular complexity index is 121. The number of hydrogen-bond donors (Lipinski definition) is 1. The van der Waals surface area contributed by atoms with Crippen molar-refractivity contribution < 1.29 is 8.71 Å². The summed E-state index contributed by atoms with van der Waals surface area (Å²) in [5.41, 5.74) is 0. The van der Waals surface area contributed by atoms with Crippen molar-refractivity contribution >= 4 is 22.1 Å². The van der Waals surface area contributed by atoms with Gasteiger partial charge < -0.3 is 0 Å². The fourth-order valence-electron chi connectivity index (χ4n) is 0.467. The Labute approximate surface area is 50.2 Å². The van der Waals surface area contributed by atoms with Crippen molar-refractivity contribution in [1.82, 2.24) is 0 Å². The normalized spacial score (nSPS) is 29.3. The Morgan fingerprint density at radius 3 is 2.71 bits per heavy atom. The maximum atomic E-state index is 10.4. The number of nitrogens with one attached hydrogen (secondary N) is 1. The summed E-state index contributed by atoms with van der Waals surface area (Å²) < 4.78 is 0.764. The van der Waals surface area contributed by atoms with Crippen molar-refractivity contribution in [2.45, 2.75) is 6.42 Å². The van der Waals surface area contributed by atoms with E-state index in [1.165, 1.54) is 0 Å². The molecule has 0 aliphatic carbocycles. The zero-order valence-corrected chi connectivity index (χ0v) is 5.39. The zero-order chi connectivity index (χ0) is 5.28. The van der Waals surface area contributed by atoms with Crippen molar-refractivity contribution in [3.05, 3.63) is 12.3 Å². The predicted molar refractivity (Wildman–Crippen MR) is 25.5 cm³/mol. The van der Waals surface area contributed by atoms with Crippen LogP contribution in [0.3, 0.4) is 0 Å². The molecule has 1 rings (SSSR count). The van der Waals surface area contributed by atoms with Gasteiger partial charge in [-0.25, -0.2) is 0 Å². The van der Waals surface area contributed by atoms with E-state index in [1.807, 2.05) is 12.3 Å². The number of rotatable bonds is 0. The van der Waals surface area contributed by atoms with Gasteiger partial charge in [-0.3, -0.25) is 0 Å². The molecule has 0 spiro atoms. The van der Waals surface area contributed by atoms with E-state index in [0.717, 1.165) is 3.92 Å². The summed E-state index contributed by atoms with van der Waals surface area (Å²) in [5.74, 6) is 0.208. The predicted octanol–water partition coefficient (Wildman–Crippen LogP) is -1.60. The number of carbonyl (C=O) groups excluding carboxylic acids is 1. The van der Waals surface area contributed by atoms with Crippen LogP contribution in [-0.4, -0.2) is 22.1 Å². The molecular formula is C4H5NOSe. The molecule has 1 N–H and O–H groups in total. The molecule has 0 saturated heterocycles. The van der Waals surface area contributed by atoms with Crippen molar-refractivity contribution in [2.75, 3.05) is 0 Å². The molecular weight excluding hydrogens is 157 g/mol. The van der Waals surface area contributed by atoms with Gasteiger partial charge in [0.2, 0.25) is 0 Å². The molecule has 1 unspecified atom stereocenters. The van der Waals surface area contributed by atoms with Crippen molar-refractivity contribution in [2.24, 2.45) is 0 Å². The van der Waals surface area contributed by atoms with Crippen molar-refractivity contribution in [3.8, 4) is 0 Å². The van der Waals surface area contributed by atoms with Crippen LogP contribution in [0.1, 0.15) is 6.42 Å². The summed E-state index contributed by atoms with van der Waals surface area (Å²) in [4.78, 5) is 10.4. The molecule has 0 aromatic rings. The Hall–Kier alpha value is -0.111. The number of hydrogen-bond acceptors (Lipinski definition) is 1. The van der Waals surface area contributed by atoms with Gasteiger partial charge in [-0.05, 0) is 0 Å². The molecule has 1 amide bonds. The molecule has 1 atom stereocenters.